The predicted octanol–water partition coefficient (Wildman–Crippen LogP) is 2.01. The highest BCUT2D eigenvalue weighted by molar-refractivity contribution is 9.10. The van der Waals surface area contributed by atoms with E-state index in [1.165, 1.54) is 5.56 Å². The molecule has 1 aromatic heterocycles. The van der Waals surface area contributed by atoms with Gasteiger partial charge in [-0.15, -0.1) is 0 Å². The van der Waals surface area contributed by atoms with Crippen molar-refractivity contribution in [1.29, 1.82) is 0 Å². The molecular formula is C24H21Br2NO2. The summed E-state index contributed by atoms with van der Waals surface area (Å²) in [5, 5.41) is 0. The minimum atomic E-state index is 0. The summed E-state index contributed by atoms with van der Waals surface area (Å²) in [4.78, 5) is 12.9. The zero-order valence-electron chi connectivity index (χ0n) is 16.1. The monoisotopic (exact) mass is 513 g/mol. The van der Waals surface area contributed by atoms with Crippen molar-refractivity contribution in [3.05, 3.63) is 99.3 Å². The molecule has 0 atom stereocenters. The van der Waals surface area contributed by atoms with Gasteiger partial charge < -0.3 is 21.7 Å². The average molecular weight is 515 g/mol. The molecule has 3 aromatic rings. The first kappa shape index (κ1) is 21.5. The number of hydrogen-bond donors (Lipinski definition) is 0. The van der Waals surface area contributed by atoms with Gasteiger partial charge >= 0.3 is 0 Å². The molecule has 2 aromatic carbocycles. The molecule has 0 N–H and O–H groups in total. The number of fused-ring (bicyclic) bond motifs is 1. The lowest BCUT2D eigenvalue weighted by atomic mass is 9.86. The first-order valence-electron chi connectivity index (χ1n) is 9.28. The number of benzene rings is 2. The lowest BCUT2D eigenvalue weighted by Gasteiger charge is -2.18. The summed E-state index contributed by atoms with van der Waals surface area (Å²) in [5.74, 6) is 0.920. The largest absolute Gasteiger partial charge is 1.00 e. The molecular weight excluding hydrogens is 494 g/mol. The van der Waals surface area contributed by atoms with E-state index in [1.54, 1.807) is 7.11 Å². The Hall–Kier alpha value is -2.24. The third kappa shape index (κ3) is 5.03. The van der Waals surface area contributed by atoms with Gasteiger partial charge in [-0.2, -0.15) is 0 Å². The van der Waals surface area contributed by atoms with Gasteiger partial charge in [0.05, 0.1) is 7.11 Å². The second kappa shape index (κ2) is 9.51. The van der Waals surface area contributed by atoms with Crippen LogP contribution in [0.1, 0.15) is 33.5 Å². The highest BCUT2D eigenvalue weighted by atomic mass is 79.9. The molecule has 0 saturated heterocycles. The molecule has 0 bridgehead atoms. The fraction of sp³-hybridized carbons (Fsp3) is 0.167. The van der Waals surface area contributed by atoms with Crippen molar-refractivity contribution in [2.24, 2.45) is 0 Å². The zero-order chi connectivity index (χ0) is 19.5. The molecule has 0 radical (unpaired) electrons. The number of nitrogens with zero attached hydrogens (tertiary/aromatic N) is 1. The van der Waals surface area contributed by atoms with Crippen LogP contribution in [0.4, 0.5) is 0 Å². The van der Waals surface area contributed by atoms with Crippen LogP contribution in [-0.2, 0) is 13.0 Å². The van der Waals surface area contributed by atoms with E-state index >= 15 is 0 Å². The smallest absolute Gasteiger partial charge is 0.189 e. The van der Waals surface area contributed by atoms with Gasteiger partial charge in [0.1, 0.15) is 5.75 Å². The maximum atomic E-state index is 12.9. The van der Waals surface area contributed by atoms with Crippen LogP contribution in [0, 0.1) is 0 Å². The Balaban J connectivity index is 0.00000240. The van der Waals surface area contributed by atoms with Gasteiger partial charge in [-0.1, -0.05) is 28.1 Å². The average Bonchev–Trinajstić information content (AvgIpc) is 2.72. The van der Waals surface area contributed by atoms with Crippen molar-refractivity contribution in [2.75, 3.05) is 7.11 Å². The van der Waals surface area contributed by atoms with Gasteiger partial charge in [0, 0.05) is 32.8 Å². The number of rotatable bonds is 4. The molecule has 1 aliphatic rings. The number of methoxy groups -OCH3 is 1. The lowest BCUT2D eigenvalue weighted by Crippen LogP contribution is -3.00. The van der Waals surface area contributed by atoms with E-state index in [0.717, 1.165) is 51.9 Å². The molecule has 3 nitrogen and oxygen atoms in total. The number of allylic oxidation sites excluding steroid dienone is 1. The van der Waals surface area contributed by atoms with Gasteiger partial charge in [-0.25, -0.2) is 4.57 Å². The molecule has 0 amide bonds. The molecule has 1 heterocycles. The van der Waals surface area contributed by atoms with Crippen LogP contribution >= 0.6 is 15.9 Å². The Labute approximate surface area is 189 Å². The first-order chi connectivity index (χ1) is 13.6. The zero-order valence-corrected chi connectivity index (χ0v) is 19.2. The summed E-state index contributed by atoms with van der Waals surface area (Å²) < 4.78 is 8.49. The molecule has 0 unspecified atom stereocenters. The molecule has 0 saturated carbocycles. The standard InChI is InChI=1S/C24H21BrNO2.BrH/c1-28-22-10-11-23-19(14-22)6-7-20(24(23)27)13-18-3-2-12-26(16-18)15-17-4-8-21(25)9-5-17;/h2-5,8-14,16H,6-7,15H2,1H3;1H/q+1;/p-1/b20-13+;. The summed E-state index contributed by atoms with van der Waals surface area (Å²) >= 11 is 3.47. The van der Waals surface area contributed by atoms with Crippen molar-refractivity contribution in [3.8, 4) is 5.75 Å². The molecule has 29 heavy (non-hydrogen) atoms. The van der Waals surface area contributed by atoms with Crippen LogP contribution in [0.3, 0.4) is 0 Å². The van der Waals surface area contributed by atoms with Crippen LogP contribution in [0.15, 0.2) is 77.0 Å². The van der Waals surface area contributed by atoms with E-state index in [-0.39, 0.29) is 22.8 Å². The lowest BCUT2D eigenvalue weighted by molar-refractivity contribution is -0.688. The summed E-state index contributed by atoms with van der Waals surface area (Å²) in [5.41, 5.74) is 4.99. The molecule has 1 aliphatic carbocycles. The number of carbonyl (C=O) groups excluding carboxylic acids is 1. The fourth-order valence-electron chi connectivity index (χ4n) is 3.55. The Morgan fingerprint density at radius 2 is 1.90 bits per heavy atom. The molecule has 0 spiro atoms. The van der Waals surface area contributed by atoms with Gasteiger partial charge in [0.2, 0.25) is 0 Å². The number of aryl methyl sites for hydroxylation is 1. The molecule has 4 rings (SSSR count). The van der Waals surface area contributed by atoms with Crippen LogP contribution < -0.4 is 26.3 Å². The summed E-state index contributed by atoms with van der Waals surface area (Å²) in [6.45, 7) is 0.793. The third-order valence-electron chi connectivity index (χ3n) is 5.01. The van der Waals surface area contributed by atoms with Crippen molar-refractivity contribution in [1.82, 2.24) is 0 Å². The summed E-state index contributed by atoms with van der Waals surface area (Å²) in [7, 11) is 1.65. The van der Waals surface area contributed by atoms with Crippen molar-refractivity contribution >= 4 is 27.8 Å². The van der Waals surface area contributed by atoms with Crippen molar-refractivity contribution < 1.29 is 31.1 Å². The van der Waals surface area contributed by atoms with Gasteiger partial charge in [-0.05, 0) is 60.9 Å². The highest BCUT2D eigenvalue weighted by Crippen LogP contribution is 2.29. The van der Waals surface area contributed by atoms with E-state index < -0.39 is 0 Å². The highest BCUT2D eigenvalue weighted by Gasteiger charge is 2.22. The first-order valence-corrected chi connectivity index (χ1v) is 10.1. The van der Waals surface area contributed by atoms with Crippen molar-refractivity contribution in [2.45, 2.75) is 19.4 Å². The quantitative estimate of drug-likeness (QED) is 0.394. The van der Waals surface area contributed by atoms with E-state index in [1.807, 2.05) is 42.6 Å². The molecule has 0 aliphatic heterocycles. The Kier molecular flexibility index (Phi) is 7.04. The summed E-state index contributed by atoms with van der Waals surface area (Å²) in [6.07, 6.45) is 7.77. The Bertz CT molecular complexity index is 1060. The number of carbonyl (C=O) groups is 1. The topological polar surface area (TPSA) is 30.2 Å². The Morgan fingerprint density at radius 1 is 1.10 bits per heavy atom. The van der Waals surface area contributed by atoms with Gasteiger partial charge in [-0.3, -0.25) is 4.79 Å². The normalized spacial score (nSPS) is 14.3. The molecule has 5 heteroatoms. The van der Waals surface area contributed by atoms with Crippen LogP contribution in [0.25, 0.3) is 6.08 Å². The van der Waals surface area contributed by atoms with E-state index in [9.17, 15) is 4.79 Å². The van der Waals surface area contributed by atoms with E-state index in [4.69, 9.17) is 4.74 Å². The number of ether oxygens (including phenoxy) is 1. The van der Waals surface area contributed by atoms with Crippen LogP contribution in [0.2, 0.25) is 0 Å². The van der Waals surface area contributed by atoms with Crippen LogP contribution in [0.5, 0.6) is 5.75 Å². The third-order valence-corrected chi connectivity index (χ3v) is 5.54. The summed E-state index contributed by atoms with van der Waals surface area (Å²) in [6, 6.07) is 18.1. The fourth-order valence-corrected chi connectivity index (χ4v) is 3.81. The van der Waals surface area contributed by atoms with Gasteiger partial charge in [0.25, 0.3) is 0 Å². The van der Waals surface area contributed by atoms with Gasteiger partial charge in [0.15, 0.2) is 24.7 Å². The number of pyridine rings is 1. The van der Waals surface area contributed by atoms with E-state index in [2.05, 4.69) is 51.0 Å². The SMILES string of the molecule is COc1ccc2c(c1)CC/C(=C\c1ccc[n+](Cc3ccc(Br)cc3)c1)C2=O.[Br-]. The number of aromatic nitrogens is 1. The number of hydrogen-bond acceptors (Lipinski definition) is 2. The number of Topliss-reactive ketones (excluding diaryl/α,β-unsaturated/α-hetero) is 1. The molecule has 0 fully saturated rings. The predicted molar refractivity (Wildman–Crippen MR) is 114 cm³/mol. The minimum absolute atomic E-state index is 0. The van der Waals surface area contributed by atoms with Crippen molar-refractivity contribution in [3.63, 3.8) is 0 Å². The number of ketones is 1. The number of halogens is 2. The Morgan fingerprint density at radius 3 is 2.66 bits per heavy atom. The second-order valence-corrected chi connectivity index (χ2v) is 7.87. The minimum Gasteiger partial charge on any atom is -1.00 e. The maximum Gasteiger partial charge on any atom is 0.189 e. The maximum absolute atomic E-state index is 12.9. The van der Waals surface area contributed by atoms with Crippen LogP contribution in [-0.4, -0.2) is 12.9 Å². The molecule has 148 valence electrons. The van der Waals surface area contributed by atoms with E-state index in [0.29, 0.717) is 0 Å². The second-order valence-electron chi connectivity index (χ2n) is 6.96.